The SMILES string of the molecule is CCc1ccc2[nH]c(=O)c(C(c3nnnn3CCOC)N3CCN(Cc4ccccc4)CC3)cc2c1. The van der Waals surface area contributed by atoms with Crippen molar-refractivity contribution < 1.29 is 4.74 Å². The lowest BCUT2D eigenvalue weighted by Crippen LogP contribution is -2.48. The molecule has 1 aliphatic rings. The smallest absolute Gasteiger partial charge is 0.253 e. The van der Waals surface area contributed by atoms with E-state index in [0.717, 1.165) is 50.0 Å². The fourth-order valence-corrected chi connectivity index (χ4v) is 4.96. The number of nitrogens with one attached hydrogen (secondary N) is 1. The van der Waals surface area contributed by atoms with Gasteiger partial charge in [-0.25, -0.2) is 4.68 Å². The second-order valence-corrected chi connectivity index (χ2v) is 9.28. The molecule has 0 aliphatic carbocycles. The monoisotopic (exact) mass is 487 g/mol. The number of aromatic nitrogens is 5. The maximum absolute atomic E-state index is 13.4. The summed E-state index contributed by atoms with van der Waals surface area (Å²) in [7, 11) is 1.66. The van der Waals surface area contributed by atoms with Crippen molar-refractivity contribution in [1.82, 2.24) is 35.0 Å². The molecule has 1 unspecified atom stereocenters. The molecule has 9 nitrogen and oxygen atoms in total. The van der Waals surface area contributed by atoms with Crippen LogP contribution in [-0.2, 0) is 24.2 Å². The lowest BCUT2D eigenvalue weighted by atomic mass is 10.0. The Labute approximate surface area is 210 Å². The largest absolute Gasteiger partial charge is 0.383 e. The fraction of sp³-hybridized carbons (Fsp3) is 0.407. The lowest BCUT2D eigenvalue weighted by molar-refractivity contribution is 0.0984. The quantitative estimate of drug-likeness (QED) is 0.388. The number of rotatable bonds is 9. The third-order valence-electron chi connectivity index (χ3n) is 6.97. The number of aryl methyl sites for hydroxylation is 1. The highest BCUT2D eigenvalue weighted by Gasteiger charge is 2.32. The predicted molar refractivity (Wildman–Crippen MR) is 139 cm³/mol. The Kier molecular flexibility index (Phi) is 7.50. The summed E-state index contributed by atoms with van der Waals surface area (Å²) in [5.41, 5.74) is 3.94. The molecular formula is C27H33N7O2. The highest BCUT2D eigenvalue weighted by atomic mass is 16.5. The third kappa shape index (κ3) is 5.23. The topological polar surface area (TPSA) is 92.2 Å². The maximum Gasteiger partial charge on any atom is 0.253 e. The van der Waals surface area contributed by atoms with Gasteiger partial charge in [-0.3, -0.25) is 14.6 Å². The highest BCUT2D eigenvalue weighted by molar-refractivity contribution is 5.80. The number of hydrogen-bond acceptors (Lipinski definition) is 7. The zero-order valence-electron chi connectivity index (χ0n) is 20.9. The Balaban J connectivity index is 1.48. The van der Waals surface area contributed by atoms with Crippen LogP contribution in [0, 0.1) is 0 Å². The molecule has 2 aromatic carbocycles. The molecule has 2 aromatic heterocycles. The van der Waals surface area contributed by atoms with Crippen LogP contribution >= 0.6 is 0 Å². The molecule has 0 saturated carbocycles. The van der Waals surface area contributed by atoms with Crippen molar-refractivity contribution in [3.63, 3.8) is 0 Å². The molecule has 1 saturated heterocycles. The molecule has 188 valence electrons. The van der Waals surface area contributed by atoms with Crippen LogP contribution in [0.2, 0.25) is 0 Å². The van der Waals surface area contributed by atoms with Gasteiger partial charge in [0.15, 0.2) is 5.82 Å². The number of tetrazole rings is 1. The number of aromatic amines is 1. The Hall–Kier alpha value is -3.40. The van der Waals surface area contributed by atoms with Gasteiger partial charge in [0.25, 0.3) is 5.56 Å². The van der Waals surface area contributed by atoms with Gasteiger partial charge in [0, 0.05) is 50.9 Å². The van der Waals surface area contributed by atoms with Crippen molar-refractivity contribution in [3.8, 4) is 0 Å². The van der Waals surface area contributed by atoms with Crippen LogP contribution in [0.4, 0.5) is 0 Å². The molecule has 1 atom stereocenters. The number of ether oxygens (including phenoxy) is 1. The summed E-state index contributed by atoms with van der Waals surface area (Å²) in [6, 6.07) is 18.4. The molecule has 1 aliphatic heterocycles. The minimum Gasteiger partial charge on any atom is -0.383 e. The van der Waals surface area contributed by atoms with E-state index in [-0.39, 0.29) is 11.6 Å². The van der Waals surface area contributed by atoms with Crippen LogP contribution in [-0.4, -0.2) is 74.9 Å². The predicted octanol–water partition coefficient (Wildman–Crippen LogP) is 2.63. The molecule has 4 aromatic rings. The van der Waals surface area contributed by atoms with Crippen LogP contribution in [0.5, 0.6) is 0 Å². The van der Waals surface area contributed by atoms with E-state index in [4.69, 9.17) is 4.74 Å². The van der Waals surface area contributed by atoms with Gasteiger partial charge in [0.05, 0.1) is 13.2 Å². The van der Waals surface area contributed by atoms with Crippen molar-refractivity contribution in [1.29, 1.82) is 0 Å². The summed E-state index contributed by atoms with van der Waals surface area (Å²) < 4.78 is 7.03. The maximum atomic E-state index is 13.4. The first-order chi connectivity index (χ1) is 17.7. The molecule has 0 amide bonds. The number of hydrogen-bond donors (Lipinski definition) is 1. The summed E-state index contributed by atoms with van der Waals surface area (Å²) in [5.74, 6) is 0.667. The van der Waals surface area contributed by atoms with Gasteiger partial charge in [-0.15, -0.1) is 5.10 Å². The van der Waals surface area contributed by atoms with E-state index in [2.05, 4.69) is 73.6 Å². The first kappa shape index (κ1) is 24.3. The molecule has 1 N–H and O–H groups in total. The summed E-state index contributed by atoms with van der Waals surface area (Å²) in [6.45, 7) is 7.48. The highest BCUT2D eigenvalue weighted by Crippen LogP contribution is 2.28. The number of methoxy groups -OCH3 is 1. The van der Waals surface area contributed by atoms with Crippen LogP contribution in [0.25, 0.3) is 10.9 Å². The van der Waals surface area contributed by atoms with Crippen molar-refractivity contribution in [3.05, 3.63) is 87.5 Å². The van der Waals surface area contributed by atoms with Crippen molar-refractivity contribution >= 4 is 10.9 Å². The molecule has 3 heterocycles. The number of H-pyrrole nitrogens is 1. The minimum atomic E-state index is -0.353. The zero-order chi connectivity index (χ0) is 24.9. The zero-order valence-corrected chi connectivity index (χ0v) is 20.9. The average Bonchev–Trinajstić information content (AvgIpc) is 3.37. The Morgan fingerprint density at radius 2 is 1.83 bits per heavy atom. The average molecular weight is 488 g/mol. The number of benzene rings is 2. The van der Waals surface area contributed by atoms with Crippen LogP contribution in [0.15, 0.2) is 59.4 Å². The van der Waals surface area contributed by atoms with Crippen LogP contribution < -0.4 is 5.56 Å². The number of piperazine rings is 1. The minimum absolute atomic E-state index is 0.107. The van der Waals surface area contributed by atoms with E-state index >= 15 is 0 Å². The lowest BCUT2D eigenvalue weighted by Gasteiger charge is -2.38. The van der Waals surface area contributed by atoms with Gasteiger partial charge in [0.1, 0.15) is 6.04 Å². The summed E-state index contributed by atoms with van der Waals surface area (Å²) >= 11 is 0. The van der Waals surface area contributed by atoms with Crippen molar-refractivity contribution in [2.75, 3.05) is 39.9 Å². The van der Waals surface area contributed by atoms with Crippen LogP contribution in [0.3, 0.4) is 0 Å². The number of fused-ring (bicyclic) bond motifs is 1. The van der Waals surface area contributed by atoms with Gasteiger partial charge >= 0.3 is 0 Å². The van der Waals surface area contributed by atoms with Gasteiger partial charge in [-0.2, -0.15) is 0 Å². The molecule has 0 bridgehead atoms. The number of nitrogens with zero attached hydrogens (tertiary/aromatic N) is 6. The Bertz CT molecular complexity index is 1340. The van der Waals surface area contributed by atoms with Crippen LogP contribution in [0.1, 0.15) is 35.5 Å². The van der Waals surface area contributed by atoms with Crippen molar-refractivity contribution in [2.45, 2.75) is 32.5 Å². The fourth-order valence-electron chi connectivity index (χ4n) is 4.96. The summed E-state index contributed by atoms with van der Waals surface area (Å²) in [6.07, 6.45) is 0.937. The van der Waals surface area contributed by atoms with Crippen molar-refractivity contribution in [2.24, 2.45) is 0 Å². The molecule has 0 spiro atoms. The van der Waals surface area contributed by atoms with E-state index in [1.54, 1.807) is 11.8 Å². The second-order valence-electron chi connectivity index (χ2n) is 9.28. The third-order valence-corrected chi connectivity index (χ3v) is 6.97. The van der Waals surface area contributed by atoms with Gasteiger partial charge < -0.3 is 9.72 Å². The first-order valence-electron chi connectivity index (χ1n) is 12.6. The van der Waals surface area contributed by atoms with E-state index < -0.39 is 0 Å². The summed E-state index contributed by atoms with van der Waals surface area (Å²) in [4.78, 5) is 21.3. The van der Waals surface area contributed by atoms with E-state index in [1.165, 1.54) is 11.1 Å². The van der Waals surface area contributed by atoms with E-state index in [9.17, 15) is 4.79 Å². The first-order valence-corrected chi connectivity index (χ1v) is 12.6. The summed E-state index contributed by atoms with van der Waals surface area (Å²) in [5, 5.41) is 13.6. The van der Waals surface area contributed by atoms with Gasteiger partial charge in [-0.1, -0.05) is 43.3 Å². The molecule has 36 heavy (non-hydrogen) atoms. The molecule has 9 heteroatoms. The van der Waals surface area contributed by atoms with E-state index in [1.807, 2.05) is 18.2 Å². The molecule has 5 rings (SSSR count). The standard InChI is InChI=1S/C27H33N7O2/c1-3-20-9-10-24-22(17-20)18-23(27(35)28-24)25(26-29-30-31-34(26)15-16-36-2)33-13-11-32(12-14-33)19-21-7-5-4-6-8-21/h4-10,17-18,25H,3,11-16,19H2,1-2H3,(H,28,35). The van der Waals surface area contributed by atoms with E-state index in [0.29, 0.717) is 24.5 Å². The molecule has 1 fully saturated rings. The Morgan fingerprint density at radius 1 is 1.03 bits per heavy atom. The van der Waals surface area contributed by atoms with Gasteiger partial charge in [0.2, 0.25) is 0 Å². The molecular weight excluding hydrogens is 454 g/mol. The molecule has 0 radical (unpaired) electrons. The number of pyridine rings is 1. The second kappa shape index (κ2) is 11.1. The van der Waals surface area contributed by atoms with Gasteiger partial charge in [-0.05, 0) is 51.6 Å². The normalized spacial score (nSPS) is 15.9. The Morgan fingerprint density at radius 3 is 2.58 bits per heavy atom.